The molecular weight excluding hydrogens is 394 g/mol. The van der Waals surface area contributed by atoms with Crippen molar-refractivity contribution in [3.8, 4) is 5.75 Å². The lowest BCUT2D eigenvalue weighted by molar-refractivity contribution is -0.139. The van der Waals surface area contributed by atoms with Crippen molar-refractivity contribution in [2.75, 3.05) is 11.9 Å². The Morgan fingerprint density at radius 1 is 1.03 bits per heavy atom. The zero-order chi connectivity index (χ0) is 21.8. The van der Waals surface area contributed by atoms with Crippen LogP contribution < -0.4 is 10.1 Å². The number of para-hydroxylation sites is 1. The number of unbranched alkanes of at least 4 members (excludes halogenated alkanes) is 1. The highest BCUT2D eigenvalue weighted by atomic mass is 16.5. The molecule has 0 unspecified atom stereocenters. The Morgan fingerprint density at radius 2 is 1.81 bits per heavy atom. The van der Waals surface area contributed by atoms with Crippen LogP contribution in [0.2, 0.25) is 0 Å². The predicted molar refractivity (Wildman–Crippen MR) is 120 cm³/mol. The van der Waals surface area contributed by atoms with Crippen molar-refractivity contribution in [3.05, 3.63) is 72.0 Å². The summed E-state index contributed by atoms with van der Waals surface area (Å²) in [5.74, 6) is -0.0290. The first-order chi connectivity index (χ1) is 15.0. The van der Waals surface area contributed by atoms with Crippen LogP contribution in [0.4, 0.5) is 5.69 Å². The van der Waals surface area contributed by atoms with Crippen molar-refractivity contribution < 1.29 is 23.8 Å². The van der Waals surface area contributed by atoms with Gasteiger partial charge in [-0.05, 0) is 47.5 Å². The van der Waals surface area contributed by atoms with E-state index in [2.05, 4.69) is 12.2 Å². The van der Waals surface area contributed by atoms with Crippen LogP contribution in [0, 0.1) is 0 Å². The van der Waals surface area contributed by atoms with Crippen LogP contribution in [0.3, 0.4) is 0 Å². The minimum absolute atomic E-state index is 0.197. The summed E-state index contributed by atoms with van der Waals surface area (Å²) in [4.78, 5) is 23.8. The molecule has 1 aromatic heterocycles. The Kier molecular flexibility index (Phi) is 5.89. The van der Waals surface area contributed by atoms with E-state index in [9.17, 15) is 9.59 Å². The van der Waals surface area contributed by atoms with Crippen molar-refractivity contribution >= 4 is 39.3 Å². The second kappa shape index (κ2) is 8.92. The summed E-state index contributed by atoms with van der Waals surface area (Å²) in [6.45, 7) is 1.72. The molecule has 4 rings (SSSR count). The Balaban J connectivity index is 1.59. The van der Waals surface area contributed by atoms with E-state index in [0.29, 0.717) is 34.8 Å². The molecule has 0 saturated carbocycles. The Hall–Kier alpha value is -3.80. The number of aryl methyl sites for hydroxylation is 1. The number of nitrogens with one attached hydrogen (secondary N) is 1. The standard InChI is InChI=1S/C25H23NO5/c1-2-3-7-22-24(20-6-4-5-8-21(20)31-22)25(29)26-18-11-9-17-14-19(30-15-23(27)28)12-10-16(17)13-18/h4-6,8-14H,2-3,7,15H2,1H3,(H,26,29)(H,27,28). The van der Waals surface area contributed by atoms with Gasteiger partial charge in [0, 0.05) is 17.5 Å². The van der Waals surface area contributed by atoms with E-state index in [0.717, 1.165) is 29.0 Å². The largest absolute Gasteiger partial charge is 0.482 e. The van der Waals surface area contributed by atoms with Crippen LogP contribution in [0.1, 0.15) is 35.9 Å². The second-order valence-electron chi connectivity index (χ2n) is 7.36. The van der Waals surface area contributed by atoms with Crippen LogP contribution in [0.15, 0.2) is 65.1 Å². The van der Waals surface area contributed by atoms with Crippen molar-refractivity contribution in [3.63, 3.8) is 0 Å². The maximum absolute atomic E-state index is 13.2. The highest BCUT2D eigenvalue weighted by Gasteiger charge is 2.20. The summed E-state index contributed by atoms with van der Waals surface area (Å²) in [6, 6.07) is 18.5. The predicted octanol–water partition coefficient (Wildman–Crippen LogP) is 5.64. The van der Waals surface area contributed by atoms with Crippen LogP contribution in [0.25, 0.3) is 21.7 Å². The minimum atomic E-state index is -1.02. The number of carbonyl (C=O) groups excluding carboxylic acids is 1. The van der Waals surface area contributed by atoms with Gasteiger partial charge in [-0.1, -0.05) is 43.7 Å². The van der Waals surface area contributed by atoms with Gasteiger partial charge in [-0.2, -0.15) is 0 Å². The zero-order valence-electron chi connectivity index (χ0n) is 17.2. The molecule has 0 atom stereocenters. The minimum Gasteiger partial charge on any atom is -0.482 e. The molecule has 0 aliphatic heterocycles. The molecule has 6 heteroatoms. The molecule has 6 nitrogen and oxygen atoms in total. The van der Waals surface area contributed by atoms with Crippen molar-refractivity contribution in [1.82, 2.24) is 0 Å². The van der Waals surface area contributed by atoms with E-state index in [4.69, 9.17) is 14.3 Å². The molecule has 1 amide bonds. The van der Waals surface area contributed by atoms with Crippen molar-refractivity contribution in [1.29, 1.82) is 0 Å². The molecule has 0 aliphatic rings. The number of rotatable bonds is 8. The third-order valence-corrected chi connectivity index (χ3v) is 5.08. The first kappa shape index (κ1) is 20.5. The second-order valence-corrected chi connectivity index (χ2v) is 7.36. The fourth-order valence-electron chi connectivity index (χ4n) is 3.59. The van der Waals surface area contributed by atoms with E-state index in [1.165, 1.54) is 0 Å². The molecule has 1 heterocycles. The Morgan fingerprint density at radius 3 is 2.61 bits per heavy atom. The SMILES string of the molecule is CCCCc1oc2ccccc2c1C(=O)Nc1ccc2cc(OCC(=O)O)ccc2c1. The third-order valence-electron chi connectivity index (χ3n) is 5.08. The summed E-state index contributed by atoms with van der Waals surface area (Å²) in [5, 5.41) is 14.3. The van der Waals surface area contributed by atoms with Gasteiger partial charge in [0.2, 0.25) is 0 Å². The van der Waals surface area contributed by atoms with E-state index >= 15 is 0 Å². The van der Waals surface area contributed by atoms with E-state index < -0.39 is 12.6 Å². The molecule has 0 aliphatic carbocycles. The molecule has 158 valence electrons. The van der Waals surface area contributed by atoms with Gasteiger partial charge < -0.3 is 19.6 Å². The van der Waals surface area contributed by atoms with Gasteiger partial charge in [-0.25, -0.2) is 4.79 Å². The fourth-order valence-corrected chi connectivity index (χ4v) is 3.59. The summed E-state index contributed by atoms with van der Waals surface area (Å²) in [5.41, 5.74) is 1.97. The normalized spacial score (nSPS) is 11.0. The molecule has 31 heavy (non-hydrogen) atoms. The third kappa shape index (κ3) is 4.53. The quantitative estimate of drug-likeness (QED) is 0.387. The van der Waals surface area contributed by atoms with Gasteiger partial charge in [-0.3, -0.25) is 4.79 Å². The molecule has 0 fully saturated rings. The molecular formula is C25H23NO5. The van der Waals surface area contributed by atoms with Crippen molar-refractivity contribution in [2.24, 2.45) is 0 Å². The number of carbonyl (C=O) groups is 2. The monoisotopic (exact) mass is 417 g/mol. The van der Waals surface area contributed by atoms with Crippen LogP contribution in [-0.4, -0.2) is 23.6 Å². The number of benzene rings is 3. The van der Waals surface area contributed by atoms with Gasteiger partial charge in [0.15, 0.2) is 6.61 Å². The molecule has 2 N–H and O–H groups in total. The molecule has 3 aromatic carbocycles. The Labute approximate surface area is 179 Å². The lowest BCUT2D eigenvalue weighted by Crippen LogP contribution is -2.13. The average Bonchev–Trinajstić information content (AvgIpc) is 3.14. The first-order valence-corrected chi connectivity index (χ1v) is 10.3. The number of ether oxygens (including phenoxy) is 1. The highest BCUT2D eigenvalue weighted by molar-refractivity contribution is 6.13. The summed E-state index contributed by atoms with van der Waals surface area (Å²) >= 11 is 0. The number of carboxylic acid groups (broad SMARTS) is 1. The van der Waals surface area contributed by atoms with Crippen LogP contribution >= 0.6 is 0 Å². The van der Waals surface area contributed by atoms with Gasteiger partial charge in [0.05, 0.1) is 5.56 Å². The molecule has 4 aromatic rings. The molecule has 0 saturated heterocycles. The molecule has 0 spiro atoms. The summed E-state index contributed by atoms with van der Waals surface area (Å²) < 4.78 is 11.2. The maximum Gasteiger partial charge on any atom is 0.341 e. The fraction of sp³-hybridized carbons (Fsp3) is 0.200. The smallest absolute Gasteiger partial charge is 0.341 e. The lowest BCUT2D eigenvalue weighted by Gasteiger charge is -2.09. The number of carboxylic acids is 1. The van der Waals surface area contributed by atoms with Crippen LogP contribution in [-0.2, 0) is 11.2 Å². The highest BCUT2D eigenvalue weighted by Crippen LogP contribution is 2.29. The van der Waals surface area contributed by atoms with Gasteiger partial charge in [-0.15, -0.1) is 0 Å². The first-order valence-electron chi connectivity index (χ1n) is 10.3. The number of hydrogen-bond acceptors (Lipinski definition) is 4. The van der Waals surface area contributed by atoms with Crippen molar-refractivity contribution in [2.45, 2.75) is 26.2 Å². The lowest BCUT2D eigenvalue weighted by atomic mass is 10.1. The maximum atomic E-state index is 13.2. The number of amides is 1. The molecule has 0 bridgehead atoms. The van der Waals surface area contributed by atoms with Gasteiger partial charge in [0.1, 0.15) is 17.1 Å². The topological polar surface area (TPSA) is 88.8 Å². The molecule has 0 radical (unpaired) electrons. The van der Waals surface area contributed by atoms with E-state index in [1.807, 2.05) is 48.5 Å². The number of aliphatic carboxylic acids is 1. The number of fused-ring (bicyclic) bond motifs is 2. The zero-order valence-corrected chi connectivity index (χ0v) is 17.2. The van der Waals surface area contributed by atoms with Gasteiger partial charge in [0.25, 0.3) is 5.91 Å². The number of anilines is 1. The summed E-state index contributed by atoms with van der Waals surface area (Å²) in [6.07, 6.45) is 2.67. The number of furan rings is 1. The van der Waals surface area contributed by atoms with Crippen LogP contribution in [0.5, 0.6) is 5.75 Å². The van der Waals surface area contributed by atoms with E-state index in [1.54, 1.807) is 12.1 Å². The Bertz CT molecular complexity index is 1260. The van der Waals surface area contributed by atoms with E-state index in [-0.39, 0.29) is 5.91 Å². The summed E-state index contributed by atoms with van der Waals surface area (Å²) in [7, 11) is 0. The van der Waals surface area contributed by atoms with Gasteiger partial charge >= 0.3 is 5.97 Å². The average molecular weight is 417 g/mol. The number of hydrogen-bond donors (Lipinski definition) is 2.